The lowest BCUT2D eigenvalue weighted by Gasteiger charge is -2.23. The van der Waals surface area contributed by atoms with Crippen molar-refractivity contribution in [2.75, 3.05) is 18.6 Å². The van der Waals surface area contributed by atoms with Crippen molar-refractivity contribution in [2.45, 2.75) is 39.5 Å². The summed E-state index contributed by atoms with van der Waals surface area (Å²) in [5, 5.41) is 0. The number of likely N-dealkylation sites (N-methyl/N-ethyl adjacent to an activating group) is 1. The quantitative estimate of drug-likeness (QED) is 0.577. The van der Waals surface area contributed by atoms with Gasteiger partial charge in [0.25, 0.3) is 0 Å². The Kier molecular flexibility index (Phi) is 5.41. The van der Waals surface area contributed by atoms with Gasteiger partial charge >= 0.3 is 5.97 Å². The van der Waals surface area contributed by atoms with Crippen LogP contribution in [0.2, 0.25) is 0 Å². The van der Waals surface area contributed by atoms with E-state index in [4.69, 9.17) is 4.74 Å². The van der Waals surface area contributed by atoms with E-state index in [9.17, 15) is 9.59 Å². The van der Waals surface area contributed by atoms with Crippen LogP contribution >= 0.6 is 0 Å². The molecular weight excluding hydrogens is 350 g/mol. The Bertz CT molecular complexity index is 956. The minimum atomic E-state index is -0.391. The van der Waals surface area contributed by atoms with Gasteiger partial charge in [-0.25, -0.2) is 0 Å². The predicted molar refractivity (Wildman–Crippen MR) is 112 cm³/mol. The molecule has 28 heavy (non-hydrogen) atoms. The fourth-order valence-corrected chi connectivity index (χ4v) is 3.74. The Hall–Kier alpha value is -2.88. The molecule has 1 heterocycles. The summed E-state index contributed by atoms with van der Waals surface area (Å²) in [5.41, 5.74) is 6.13. The smallest absolute Gasteiger partial charge is 0.310 e. The van der Waals surface area contributed by atoms with Crippen LogP contribution in [0.3, 0.4) is 0 Å². The lowest BCUT2D eigenvalue weighted by atomic mass is 9.83. The summed E-state index contributed by atoms with van der Waals surface area (Å²) in [6, 6.07) is 14.0. The summed E-state index contributed by atoms with van der Waals surface area (Å²) in [6.45, 7) is 8.00. The highest BCUT2D eigenvalue weighted by Crippen LogP contribution is 2.46. The summed E-state index contributed by atoms with van der Waals surface area (Å²) in [4.78, 5) is 26.6. The molecule has 0 bridgehead atoms. The fraction of sp³-hybridized carbons (Fsp3) is 0.333. The van der Waals surface area contributed by atoms with Crippen LogP contribution in [-0.2, 0) is 26.2 Å². The summed E-state index contributed by atoms with van der Waals surface area (Å²) >= 11 is 0. The third kappa shape index (κ3) is 3.86. The van der Waals surface area contributed by atoms with Gasteiger partial charge in [0.2, 0.25) is 0 Å². The molecule has 0 spiro atoms. The topological polar surface area (TPSA) is 46.6 Å². The first-order valence-electron chi connectivity index (χ1n) is 9.50. The van der Waals surface area contributed by atoms with Crippen molar-refractivity contribution in [2.24, 2.45) is 0 Å². The molecule has 2 aromatic rings. The molecule has 0 N–H and O–H groups in total. The summed E-state index contributed by atoms with van der Waals surface area (Å²) in [7, 11) is 1.96. The van der Waals surface area contributed by atoms with E-state index in [1.54, 1.807) is 6.08 Å². The maximum atomic E-state index is 12.5. The number of anilines is 1. The van der Waals surface area contributed by atoms with E-state index in [0.717, 1.165) is 22.5 Å². The minimum Gasteiger partial charge on any atom is -0.457 e. The van der Waals surface area contributed by atoms with Crippen LogP contribution in [0.15, 0.2) is 54.2 Å². The normalized spacial score (nSPS) is 16.2. The van der Waals surface area contributed by atoms with E-state index >= 15 is 0 Å². The van der Waals surface area contributed by atoms with Crippen molar-refractivity contribution in [1.82, 2.24) is 0 Å². The highest BCUT2D eigenvalue weighted by atomic mass is 16.5. The third-order valence-corrected chi connectivity index (χ3v) is 5.53. The largest absolute Gasteiger partial charge is 0.457 e. The fourth-order valence-electron chi connectivity index (χ4n) is 3.74. The molecule has 0 fully saturated rings. The van der Waals surface area contributed by atoms with Crippen LogP contribution in [0.4, 0.5) is 5.69 Å². The molecule has 0 atom stereocenters. The molecule has 4 heteroatoms. The van der Waals surface area contributed by atoms with E-state index in [1.165, 1.54) is 11.1 Å². The first-order valence-corrected chi connectivity index (χ1v) is 9.50. The molecule has 0 amide bonds. The number of ether oxygens (including phenoxy) is 1. The number of allylic oxidation sites excluding steroid dienone is 1. The number of carbonyl (C=O) groups is 2. The lowest BCUT2D eigenvalue weighted by Crippen LogP contribution is -2.25. The first-order chi connectivity index (χ1) is 13.2. The summed E-state index contributed by atoms with van der Waals surface area (Å²) in [5.74, 6) is -0.603. The standard InChI is InChI=1S/C24H27NO3/c1-16-10-11-18(12-17(16)2)13-23(27)28-15-19(26)14-22-24(3,4)20-8-6-7-9-21(20)25(22)5/h6-12,14H,13,15H2,1-5H3. The monoisotopic (exact) mass is 377 g/mol. The second-order valence-corrected chi connectivity index (χ2v) is 7.95. The van der Waals surface area contributed by atoms with Crippen LogP contribution in [0.1, 0.15) is 36.1 Å². The van der Waals surface area contributed by atoms with Gasteiger partial charge in [-0.2, -0.15) is 0 Å². The van der Waals surface area contributed by atoms with E-state index in [1.807, 2.05) is 62.2 Å². The zero-order valence-electron chi connectivity index (χ0n) is 17.2. The molecule has 0 aliphatic carbocycles. The van der Waals surface area contributed by atoms with Gasteiger partial charge in [-0.15, -0.1) is 0 Å². The molecule has 146 valence electrons. The van der Waals surface area contributed by atoms with E-state index in [2.05, 4.69) is 19.9 Å². The Balaban J connectivity index is 1.64. The van der Waals surface area contributed by atoms with Gasteiger partial charge in [0, 0.05) is 29.9 Å². The number of nitrogens with zero attached hydrogens (tertiary/aromatic N) is 1. The summed E-state index contributed by atoms with van der Waals surface area (Å²) in [6.07, 6.45) is 1.77. The lowest BCUT2D eigenvalue weighted by molar-refractivity contribution is -0.146. The average molecular weight is 377 g/mol. The third-order valence-electron chi connectivity index (χ3n) is 5.53. The van der Waals surface area contributed by atoms with Gasteiger partial charge in [-0.05, 0) is 42.2 Å². The van der Waals surface area contributed by atoms with Gasteiger partial charge in [0.1, 0.15) is 0 Å². The first kappa shape index (κ1) is 19.9. The number of para-hydroxylation sites is 1. The van der Waals surface area contributed by atoms with Gasteiger partial charge in [-0.3, -0.25) is 9.59 Å². The second kappa shape index (κ2) is 7.63. The van der Waals surface area contributed by atoms with Crippen LogP contribution in [-0.4, -0.2) is 25.4 Å². The Morgan fingerprint density at radius 2 is 1.79 bits per heavy atom. The Morgan fingerprint density at radius 1 is 1.07 bits per heavy atom. The van der Waals surface area contributed by atoms with Gasteiger partial charge in [0.15, 0.2) is 12.4 Å². The number of hydrogen-bond donors (Lipinski definition) is 0. The molecule has 1 aliphatic heterocycles. The van der Waals surface area contributed by atoms with Crippen molar-refractivity contribution in [3.8, 4) is 0 Å². The highest BCUT2D eigenvalue weighted by molar-refractivity contribution is 5.94. The van der Waals surface area contributed by atoms with Crippen molar-refractivity contribution in [3.05, 3.63) is 76.5 Å². The van der Waals surface area contributed by atoms with Crippen LogP contribution in [0, 0.1) is 13.8 Å². The van der Waals surface area contributed by atoms with Crippen molar-refractivity contribution >= 4 is 17.4 Å². The van der Waals surface area contributed by atoms with Crippen molar-refractivity contribution < 1.29 is 14.3 Å². The zero-order valence-corrected chi connectivity index (χ0v) is 17.2. The number of esters is 1. The minimum absolute atomic E-state index is 0.168. The van der Waals surface area contributed by atoms with Crippen LogP contribution in [0.5, 0.6) is 0 Å². The second-order valence-electron chi connectivity index (χ2n) is 7.95. The molecule has 0 saturated carbocycles. The van der Waals surface area contributed by atoms with E-state index in [0.29, 0.717) is 0 Å². The maximum Gasteiger partial charge on any atom is 0.310 e. The number of fused-ring (bicyclic) bond motifs is 1. The predicted octanol–water partition coefficient (Wildman–Crippen LogP) is 4.27. The molecule has 2 aromatic carbocycles. The van der Waals surface area contributed by atoms with Crippen LogP contribution < -0.4 is 4.90 Å². The summed E-state index contributed by atoms with van der Waals surface area (Å²) < 4.78 is 5.22. The Morgan fingerprint density at radius 3 is 2.46 bits per heavy atom. The Labute approximate surface area is 166 Å². The zero-order chi connectivity index (χ0) is 20.5. The number of ketones is 1. The number of carbonyl (C=O) groups excluding carboxylic acids is 2. The van der Waals surface area contributed by atoms with Gasteiger partial charge in [0.05, 0.1) is 6.42 Å². The number of hydrogen-bond acceptors (Lipinski definition) is 4. The number of benzene rings is 2. The van der Waals surface area contributed by atoms with Gasteiger partial charge in [-0.1, -0.05) is 50.2 Å². The van der Waals surface area contributed by atoms with Crippen LogP contribution in [0.25, 0.3) is 0 Å². The SMILES string of the molecule is Cc1ccc(CC(=O)OCC(=O)C=C2N(C)c3ccccc3C2(C)C)cc1C. The highest BCUT2D eigenvalue weighted by Gasteiger charge is 2.38. The van der Waals surface area contributed by atoms with Crippen molar-refractivity contribution in [1.29, 1.82) is 0 Å². The van der Waals surface area contributed by atoms with Crippen molar-refractivity contribution in [3.63, 3.8) is 0 Å². The van der Waals surface area contributed by atoms with Gasteiger partial charge < -0.3 is 9.64 Å². The molecule has 0 unspecified atom stereocenters. The molecule has 1 aliphatic rings. The maximum absolute atomic E-state index is 12.5. The molecule has 0 aromatic heterocycles. The van der Waals surface area contributed by atoms with E-state index < -0.39 is 5.97 Å². The number of rotatable bonds is 5. The molecular formula is C24H27NO3. The van der Waals surface area contributed by atoms with E-state index in [-0.39, 0.29) is 24.2 Å². The molecule has 3 rings (SSSR count). The molecule has 0 radical (unpaired) electrons. The average Bonchev–Trinajstić information content (AvgIpc) is 2.84. The molecule has 0 saturated heterocycles. The number of aryl methyl sites for hydroxylation is 2. The molecule has 4 nitrogen and oxygen atoms in total.